The molecular weight excluding hydrogens is 316 g/mol. The van der Waals surface area contributed by atoms with Gasteiger partial charge in [0.05, 0.1) is 0 Å². The lowest BCUT2D eigenvalue weighted by atomic mass is 10.1. The Balaban J connectivity index is 1.49. The van der Waals surface area contributed by atoms with E-state index < -0.39 is 0 Å². The molecule has 1 aliphatic rings. The Bertz CT molecular complexity index is 887. The first-order valence-corrected chi connectivity index (χ1v) is 8.36. The van der Waals surface area contributed by atoms with Crippen LogP contribution in [-0.2, 0) is 0 Å². The Morgan fingerprint density at radius 3 is 2.80 bits per heavy atom. The number of rotatable bonds is 5. The molecule has 4 rings (SSSR count). The SMILES string of the molecule is CC(NC(=O)c1ccccc1)c1nc(-c2ccnc(C3CC3)c2)no1. The van der Waals surface area contributed by atoms with Gasteiger partial charge in [0.1, 0.15) is 6.04 Å². The highest BCUT2D eigenvalue weighted by Crippen LogP contribution is 2.39. The molecule has 0 saturated heterocycles. The Labute approximate surface area is 145 Å². The van der Waals surface area contributed by atoms with Gasteiger partial charge in [0.2, 0.25) is 11.7 Å². The number of pyridine rings is 1. The molecule has 2 heterocycles. The minimum absolute atomic E-state index is 0.173. The smallest absolute Gasteiger partial charge is 0.251 e. The van der Waals surface area contributed by atoms with E-state index in [4.69, 9.17) is 4.52 Å². The zero-order chi connectivity index (χ0) is 17.2. The summed E-state index contributed by atoms with van der Waals surface area (Å²) in [7, 11) is 0. The molecule has 1 fully saturated rings. The monoisotopic (exact) mass is 334 g/mol. The molecule has 1 saturated carbocycles. The highest BCUT2D eigenvalue weighted by atomic mass is 16.5. The standard InChI is InChI=1S/C19H18N4O2/c1-12(21-18(24)14-5-3-2-4-6-14)19-22-17(23-25-19)15-9-10-20-16(11-15)13-7-8-13/h2-6,9-13H,7-8H2,1H3,(H,21,24). The van der Waals surface area contributed by atoms with Gasteiger partial charge in [0.15, 0.2) is 0 Å². The highest BCUT2D eigenvalue weighted by molar-refractivity contribution is 5.94. The van der Waals surface area contributed by atoms with E-state index in [0.717, 1.165) is 11.3 Å². The third-order valence-corrected chi connectivity index (χ3v) is 4.23. The maximum atomic E-state index is 12.2. The summed E-state index contributed by atoms with van der Waals surface area (Å²) in [6, 6.07) is 12.5. The van der Waals surface area contributed by atoms with Crippen molar-refractivity contribution in [2.24, 2.45) is 0 Å². The second-order valence-electron chi connectivity index (χ2n) is 6.26. The Morgan fingerprint density at radius 1 is 1.24 bits per heavy atom. The fourth-order valence-corrected chi connectivity index (χ4v) is 2.65. The lowest BCUT2D eigenvalue weighted by Gasteiger charge is -2.09. The van der Waals surface area contributed by atoms with Crippen molar-refractivity contribution in [3.8, 4) is 11.4 Å². The molecule has 1 atom stereocenters. The van der Waals surface area contributed by atoms with Gasteiger partial charge in [-0.2, -0.15) is 4.98 Å². The summed E-state index contributed by atoms with van der Waals surface area (Å²) in [6.45, 7) is 1.82. The molecule has 1 N–H and O–H groups in total. The molecule has 0 spiro atoms. The fourth-order valence-electron chi connectivity index (χ4n) is 2.65. The van der Waals surface area contributed by atoms with E-state index in [2.05, 4.69) is 20.4 Å². The Hall–Kier alpha value is -3.02. The van der Waals surface area contributed by atoms with E-state index in [1.54, 1.807) is 18.3 Å². The number of carbonyl (C=O) groups is 1. The van der Waals surface area contributed by atoms with Crippen LogP contribution < -0.4 is 5.32 Å². The van der Waals surface area contributed by atoms with E-state index >= 15 is 0 Å². The quantitative estimate of drug-likeness (QED) is 0.772. The lowest BCUT2D eigenvalue weighted by molar-refractivity contribution is 0.0932. The van der Waals surface area contributed by atoms with E-state index in [-0.39, 0.29) is 11.9 Å². The molecule has 6 nitrogen and oxygen atoms in total. The summed E-state index contributed by atoms with van der Waals surface area (Å²) in [5.74, 6) is 1.28. The van der Waals surface area contributed by atoms with Gasteiger partial charge in [-0.05, 0) is 44.0 Å². The molecule has 1 aromatic carbocycles. The van der Waals surface area contributed by atoms with Gasteiger partial charge in [0, 0.05) is 28.9 Å². The van der Waals surface area contributed by atoms with Crippen LogP contribution >= 0.6 is 0 Å². The largest absolute Gasteiger partial charge is 0.341 e. The average molecular weight is 334 g/mol. The van der Waals surface area contributed by atoms with Crippen molar-refractivity contribution in [2.75, 3.05) is 0 Å². The van der Waals surface area contributed by atoms with Crippen molar-refractivity contribution in [3.63, 3.8) is 0 Å². The lowest BCUT2D eigenvalue weighted by Crippen LogP contribution is -2.26. The number of amides is 1. The van der Waals surface area contributed by atoms with Crippen LogP contribution in [0.2, 0.25) is 0 Å². The number of benzene rings is 1. The van der Waals surface area contributed by atoms with Gasteiger partial charge in [-0.15, -0.1) is 0 Å². The normalized spacial score (nSPS) is 14.9. The van der Waals surface area contributed by atoms with Crippen LogP contribution in [0.3, 0.4) is 0 Å². The van der Waals surface area contributed by atoms with Crippen LogP contribution in [0.15, 0.2) is 53.2 Å². The van der Waals surface area contributed by atoms with Gasteiger partial charge in [-0.25, -0.2) is 0 Å². The zero-order valence-corrected chi connectivity index (χ0v) is 13.8. The number of nitrogens with one attached hydrogen (secondary N) is 1. The van der Waals surface area contributed by atoms with Crippen molar-refractivity contribution in [2.45, 2.75) is 31.7 Å². The molecule has 6 heteroatoms. The molecule has 3 aromatic rings. The maximum Gasteiger partial charge on any atom is 0.251 e. The molecule has 1 unspecified atom stereocenters. The average Bonchev–Trinajstić information content (AvgIpc) is 3.39. The molecule has 0 radical (unpaired) electrons. The van der Waals surface area contributed by atoms with Crippen molar-refractivity contribution in [3.05, 3.63) is 65.8 Å². The summed E-state index contributed by atoms with van der Waals surface area (Å²) in [6.07, 6.45) is 4.16. The van der Waals surface area contributed by atoms with Crippen molar-refractivity contribution in [1.82, 2.24) is 20.4 Å². The van der Waals surface area contributed by atoms with E-state index in [1.165, 1.54) is 12.8 Å². The van der Waals surface area contributed by atoms with Crippen LogP contribution in [0.25, 0.3) is 11.4 Å². The van der Waals surface area contributed by atoms with Gasteiger partial charge >= 0.3 is 0 Å². The predicted molar refractivity (Wildman–Crippen MR) is 91.8 cm³/mol. The Morgan fingerprint density at radius 2 is 2.04 bits per heavy atom. The summed E-state index contributed by atoms with van der Waals surface area (Å²) >= 11 is 0. The third-order valence-electron chi connectivity index (χ3n) is 4.23. The second-order valence-corrected chi connectivity index (χ2v) is 6.26. The first-order chi connectivity index (χ1) is 12.2. The van der Waals surface area contributed by atoms with Crippen LogP contribution in [0.5, 0.6) is 0 Å². The van der Waals surface area contributed by atoms with Crippen molar-refractivity contribution in [1.29, 1.82) is 0 Å². The number of nitrogens with zero attached hydrogens (tertiary/aromatic N) is 3. The molecule has 1 amide bonds. The number of carbonyl (C=O) groups excluding carboxylic acids is 1. The van der Waals surface area contributed by atoms with Gasteiger partial charge < -0.3 is 9.84 Å². The van der Waals surface area contributed by atoms with E-state index in [1.807, 2.05) is 37.3 Å². The van der Waals surface area contributed by atoms with Crippen molar-refractivity contribution >= 4 is 5.91 Å². The van der Waals surface area contributed by atoms with Crippen LogP contribution in [0.4, 0.5) is 0 Å². The molecule has 1 aliphatic carbocycles. The third kappa shape index (κ3) is 3.42. The molecule has 0 aliphatic heterocycles. The summed E-state index contributed by atoms with van der Waals surface area (Å²) in [5.41, 5.74) is 2.56. The molecule has 126 valence electrons. The highest BCUT2D eigenvalue weighted by Gasteiger charge is 2.25. The first-order valence-electron chi connectivity index (χ1n) is 8.36. The predicted octanol–water partition coefficient (Wildman–Crippen LogP) is 3.50. The maximum absolute atomic E-state index is 12.2. The number of hydrogen-bond acceptors (Lipinski definition) is 5. The molecule has 2 aromatic heterocycles. The van der Waals surface area contributed by atoms with Crippen LogP contribution in [0, 0.1) is 0 Å². The van der Waals surface area contributed by atoms with Crippen molar-refractivity contribution < 1.29 is 9.32 Å². The molecular formula is C19H18N4O2. The zero-order valence-electron chi connectivity index (χ0n) is 13.8. The minimum Gasteiger partial charge on any atom is -0.341 e. The Kier molecular flexibility index (Phi) is 4.01. The van der Waals surface area contributed by atoms with E-state index in [9.17, 15) is 4.79 Å². The summed E-state index contributed by atoms with van der Waals surface area (Å²) in [5, 5.41) is 6.91. The van der Waals surface area contributed by atoms with Crippen LogP contribution in [-0.4, -0.2) is 21.0 Å². The number of aromatic nitrogens is 3. The van der Waals surface area contributed by atoms with Gasteiger partial charge in [-0.3, -0.25) is 9.78 Å². The number of hydrogen-bond donors (Lipinski definition) is 1. The summed E-state index contributed by atoms with van der Waals surface area (Å²) < 4.78 is 5.34. The van der Waals surface area contributed by atoms with Gasteiger partial charge in [0.25, 0.3) is 5.91 Å². The van der Waals surface area contributed by atoms with Gasteiger partial charge in [-0.1, -0.05) is 23.4 Å². The molecule has 0 bridgehead atoms. The minimum atomic E-state index is -0.376. The van der Waals surface area contributed by atoms with E-state index in [0.29, 0.717) is 23.2 Å². The second kappa shape index (κ2) is 6.47. The topological polar surface area (TPSA) is 80.9 Å². The first kappa shape index (κ1) is 15.5. The van der Waals surface area contributed by atoms with Crippen LogP contribution in [0.1, 0.15) is 53.7 Å². The summed E-state index contributed by atoms with van der Waals surface area (Å²) in [4.78, 5) is 21.0. The molecule has 25 heavy (non-hydrogen) atoms. The fraction of sp³-hybridized carbons (Fsp3) is 0.263.